The van der Waals surface area contributed by atoms with Crippen LogP contribution in [0.1, 0.15) is 17.2 Å². The van der Waals surface area contributed by atoms with Crippen molar-refractivity contribution < 1.29 is 24.1 Å². The molecule has 84 valence electrons. The molecule has 1 aromatic rings. The highest BCUT2D eigenvalue weighted by molar-refractivity contribution is 5.74. The first kappa shape index (κ1) is 11.9. The van der Waals surface area contributed by atoms with Crippen molar-refractivity contribution in [3.63, 3.8) is 0 Å². The highest BCUT2D eigenvalue weighted by atomic mass is 19.1. The standard InChI is InChI=1S/C10H8FNO4/c1-16-8-3-5(9(13)10(14)15)2-7(11)6(8)4-12/h2-3,9,13H,1H3,(H,14,15). The molecule has 1 unspecified atom stereocenters. The summed E-state index contributed by atoms with van der Waals surface area (Å²) in [6.07, 6.45) is -1.85. The van der Waals surface area contributed by atoms with E-state index >= 15 is 0 Å². The normalized spacial score (nSPS) is 11.6. The van der Waals surface area contributed by atoms with Crippen molar-refractivity contribution in [3.05, 3.63) is 29.1 Å². The lowest BCUT2D eigenvalue weighted by Crippen LogP contribution is -2.11. The fraction of sp³-hybridized carbons (Fsp3) is 0.200. The average molecular weight is 225 g/mol. The van der Waals surface area contributed by atoms with Crippen LogP contribution in [0.4, 0.5) is 4.39 Å². The number of carbonyl (C=O) groups is 1. The maximum Gasteiger partial charge on any atom is 0.337 e. The van der Waals surface area contributed by atoms with E-state index in [4.69, 9.17) is 15.1 Å². The number of aliphatic carboxylic acids is 1. The zero-order chi connectivity index (χ0) is 12.3. The van der Waals surface area contributed by atoms with Gasteiger partial charge in [0.1, 0.15) is 23.2 Å². The van der Waals surface area contributed by atoms with E-state index in [2.05, 4.69) is 0 Å². The molecular formula is C10H8FNO4. The molecule has 0 aliphatic carbocycles. The van der Waals surface area contributed by atoms with Gasteiger partial charge in [-0.05, 0) is 17.7 Å². The number of halogens is 1. The Hall–Kier alpha value is -2.13. The summed E-state index contributed by atoms with van der Waals surface area (Å²) >= 11 is 0. The number of aliphatic hydroxyl groups is 1. The van der Waals surface area contributed by atoms with Crippen molar-refractivity contribution in [2.45, 2.75) is 6.10 Å². The minimum Gasteiger partial charge on any atom is -0.495 e. The third-order valence-corrected chi connectivity index (χ3v) is 1.96. The third-order valence-electron chi connectivity index (χ3n) is 1.96. The topological polar surface area (TPSA) is 90.6 Å². The van der Waals surface area contributed by atoms with Crippen LogP contribution >= 0.6 is 0 Å². The Morgan fingerprint density at radius 1 is 1.62 bits per heavy atom. The monoisotopic (exact) mass is 225 g/mol. The summed E-state index contributed by atoms with van der Waals surface area (Å²) in [6, 6.07) is 3.48. The van der Waals surface area contributed by atoms with Gasteiger partial charge in [-0.2, -0.15) is 5.26 Å². The maximum absolute atomic E-state index is 13.3. The summed E-state index contributed by atoms with van der Waals surface area (Å²) in [6.45, 7) is 0. The number of carboxylic acids is 1. The summed E-state index contributed by atoms with van der Waals surface area (Å²) in [4.78, 5) is 10.5. The molecule has 0 aromatic heterocycles. The van der Waals surface area contributed by atoms with Crippen molar-refractivity contribution in [2.75, 3.05) is 7.11 Å². The summed E-state index contributed by atoms with van der Waals surface area (Å²) in [5, 5.41) is 26.4. The molecule has 16 heavy (non-hydrogen) atoms. The lowest BCUT2D eigenvalue weighted by molar-refractivity contribution is -0.146. The molecule has 0 saturated carbocycles. The summed E-state index contributed by atoms with van der Waals surface area (Å²) in [5.74, 6) is -2.55. The van der Waals surface area contributed by atoms with E-state index in [0.717, 1.165) is 12.1 Å². The van der Waals surface area contributed by atoms with Crippen molar-refractivity contribution in [1.29, 1.82) is 5.26 Å². The van der Waals surface area contributed by atoms with Crippen LogP contribution in [0.25, 0.3) is 0 Å². The Morgan fingerprint density at radius 3 is 2.69 bits per heavy atom. The van der Waals surface area contributed by atoms with Crippen molar-refractivity contribution >= 4 is 5.97 Å². The number of methoxy groups -OCH3 is 1. The molecule has 5 nitrogen and oxygen atoms in total. The number of ether oxygens (including phenoxy) is 1. The van der Waals surface area contributed by atoms with E-state index < -0.39 is 17.9 Å². The maximum atomic E-state index is 13.3. The average Bonchev–Trinajstić information content (AvgIpc) is 2.26. The van der Waals surface area contributed by atoms with E-state index in [1.807, 2.05) is 0 Å². The van der Waals surface area contributed by atoms with Gasteiger partial charge in [0.25, 0.3) is 0 Å². The molecule has 0 heterocycles. The molecule has 6 heteroatoms. The molecule has 1 rings (SSSR count). The van der Waals surface area contributed by atoms with E-state index in [9.17, 15) is 14.3 Å². The van der Waals surface area contributed by atoms with Crippen molar-refractivity contribution in [2.24, 2.45) is 0 Å². The second-order valence-corrected chi connectivity index (χ2v) is 2.93. The Labute approximate surface area is 90.3 Å². The third kappa shape index (κ3) is 2.10. The Balaban J connectivity index is 3.32. The van der Waals surface area contributed by atoms with Crippen LogP contribution in [-0.2, 0) is 4.79 Å². The second-order valence-electron chi connectivity index (χ2n) is 2.93. The summed E-state index contributed by atoms with van der Waals surface area (Å²) < 4.78 is 18.0. The van der Waals surface area contributed by atoms with Crippen LogP contribution in [0, 0.1) is 17.1 Å². The van der Waals surface area contributed by atoms with Crippen LogP contribution in [0.3, 0.4) is 0 Å². The Kier molecular flexibility index (Phi) is 3.43. The Bertz CT molecular complexity index is 467. The predicted octanol–water partition coefficient (Wildman–Crippen LogP) is 0.824. The first-order chi connectivity index (χ1) is 7.51. The lowest BCUT2D eigenvalue weighted by atomic mass is 10.1. The minimum atomic E-state index is -1.85. The van der Waals surface area contributed by atoms with E-state index in [-0.39, 0.29) is 16.9 Å². The van der Waals surface area contributed by atoms with Gasteiger partial charge in [0, 0.05) is 0 Å². The van der Waals surface area contributed by atoms with Crippen LogP contribution in [0.15, 0.2) is 12.1 Å². The molecule has 0 aliphatic rings. The van der Waals surface area contributed by atoms with Gasteiger partial charge in [-0.3, -0.25) is 0 Å². The first-order valence-electron chi connectivity index (χ1n) is 4.19. The van der Waals surface area contributed by atoms with Gasteiger partial charge in [0.05, 0.1) is 7.11 Å². The predicted molar refractivity (Wildman–Crippen MR) is 50.3 cm³/mol. The summed E-state index contributed by atoms with van der Waals surface area (Å²) in [5.41, 5.74) is -0.510. The van der Waals surface area contributed by atoms with E-state index in [1.54, 1.807) is 6.07 Å². The van der Waals surface area contributed by atoms with Crippen LogP contribution in [0.5, 0.6) is 5.75 Å². The fourth-order valence-electron chi connectivity index (χ4n) is 1.17. The molecule has 0 fully saturated rings. The molecule has 0 amide bonds. The quantitative estimate of drug-likeness (QED) is 0.794. The minimum absolute atomic E-state index is 0.113. The molecule has 0 aliphatic heterocycles. The molecule has 1 aromatic carbocycles. The van der Waals surface area contributed by atoms with Gasteiger partial charge in [-0.15, -0.1) is 0 Å². The number of nitrogens with zero attached hydrogens (tertiary/aromatic N) is 1. The van der Waals surface area contributed by atoms with Gasteiger partial charge < -0.3 is 14.9 Å². The molecule has 0 saturated heterocycles. The second kappa shape index (κ2) is 4.59. The smallest absolute Gasteiger partial charge is 0.337 e. The van der Waals surface area contributed by atoms with Crippen LogP contribution < -0.4 is 4.74 Å². The fourth-order valence-corrected chi connectivity index (χ4v) is 1.17. The Morgan fingerprint density at radius 2 is 2.25 bits per heavy atom. The largest absolute Gasteiger partial charge is 0.495 e. The van der Waals surface area contributed by atoms with Crippen LogP contribution in [0.2, 0.25) is 0 Å². The van der Waals surface area contributed by atoms with Gasteiger partial charge in [0.2, 0.25) is 0 Å². The van der Waals surface area contributed by atoms with Gasteiger partial charge >= 0.3 is 5.97 Å². The SMILES string of the molecule is COc1cc(C(O)C(=O)O)cc(F)c1C#N. The zero-order valence-corrected chi connectivity index (χ0v) is 8.27. The molecule has 0 radical (unpaired) electrons. The van der Waals surface area contributed by atoms with Gasteiger partial charge in [-0.1, -0.05) is 0 Å². The number of hydrogen-bond donors (Lipinski definition) is 2. The van der Waals surface area contributed by atoms with Crippen molar-refractivity contribution in [3.8, 4) is 11.8 Å². The number of rotatable bonds is 3. The van der Waals surface area contributed by atoms with E-state index in [0.29, 0.717) is 0 Å². The zero-order valence-electron chi connectivity index (χ0n) is 8.27. The highest BCUT2D eigenvalue weighted by Gasteiger charge is 2.20. The molecule has 2 N–H and O–H groups in total. The number of benzene rings is 1. The molecule has 0 bridgehead atoms. The summed E-state index contributed by atoms with van der Waals surface area (Å²) in [7, 11) is 1.21. The number of carboxylic acid groups (broad SMARTS) is 1. The van der Waals surface area contributed by atoms with E-state index in [1.165, 1.54) is 7.11 Å². The number of nitriles is 1. The van der Waals surface area contributed by atoms with Gasteiger partial charge in [-0.25, -0.2) is 9.18 Å². The lowest BCUT2D eigenvalue weighted by Gasteiger charge is -2.09. The van der Waals surface area contributed by atoms with Crippen LogP contribution in [-0.4, -0.2) is 23.3 Å². The van der Waals surface area contributed by atoms with Crippen molar-refractivity contribution in [1.82, 2.24) is 0 Å². The molecule has 1 atom stereocenters. The van der Waals surface area contributed by atoms with Gasteiger partial charge in [0.15, 0.2) is 6.10 Å². The highest BCUT2D eigenvalue weighted by Crippen LogP contribution is 2.26. The number of hydrogen-bond acceptors (Lipinski definition) is 4. The molecular weight excluding hydrogens is 217 g/mol. The number of aliphatic hydroxyl groups excluding tert-OH is 1. The first-order valence-corrected chi connectivity index (χ1v) is 4.19. The molecule has 0 spiro atoms.